The minimum absolute atomic E-state index is 0.0530. The van der Waals surface area contributed by atoms with Gasteiger partial charge in [0.25, 0.3) is 8.32 Å². The van der Waals surface area contributed by atoms with E-state index >= 15 is 0 Å². The molecule has 0 unspecified atom stereocenters. The van der Waals surface area contributed by atoms with Gasteiger partial charge in [-0.3, -0.25) is 0 Å². The Kier molecular flexibility index (Phi) is 3.58. The highest BCUT2D eigenvalue weighted by Gasteiger charge is 2.40. The molecule has 0 atom stereocenters. The molecule has 0 fully saturated rings. The second-order valence-electron chi connectivity index (χ2n) is 5.52. The fourth-order valence-corrected chi connectivity index (χ4v) is 1.91. The number of rotatable bonds is 2. The predicted octanol–water partition coefficient (Wildman–Crippen LogP) is 3.85. The molecule has 0 aliphatic rings. The Morgan fingerprint density at radius 2 is 1.62 bits per heavy atom. The van der Waals surface area contributed by atoms with Gasteiger partial charge < -0.3 is 4.43 Å². The Balaban J connectivity index is 2.80. The van der Waals surface area contributed by atoms with Gasteiger partial charge in [0.2, 0.25) is 0 Å². The van der Waals surface area contributed by atoms with E-state index in [1.165, 1.54) is 0 Å². The smallest absolute Gasteiger partial charge is 0.324 e. The van der Waals surface area contributed by atoms with Gasteiger partial charge in [0.1, 0.15) is 0 Å². The molecule has 16 heavy (non-hydrogen) atoms. The fraction of sp³-hybridized carbons (Fsp3) is 0.462. The van der Waals surface area contributed by atoms with Crippen molar-refractivity contribution in [1.82, 2.24) is 0 Å². The van der Waals surface area contributed by atoms with Crippen LogP contribution in [0, 0.1) is 0 Å². The van der Waals surface area contributed by atoms with Gasteiger partial charge in [-0.15, -0.1) is 0 Å². The molecule has 0 aliphatic carbocycles. The van der Waals surface area contributed by atoms with Gasteiger partial charge in [0.05, 0.1) is 5.56 Å². The average molecular weight is 236 g/mol. The minimum Gasteiger partial charge on any atom is -0.516 e. The van der Waals surface area contributed by atoms with E-state index in [9.17, 15) is 4.79 Å². The van der Waals surface area contributed by atoms with Gasteiger partial charge in [-0.05, 0) is 30.3 Å². The molecule has 0 N–H and O–H groups in total. The number of carbonyl (C=O) groups excluding carboxylic acids is 1. The van der Waals surface area contributed by atoms with E-state index in [0.29, 0.717) is 5.56 Å². The van der Waals surface area contributed by atoms with Crippen molar-refractivity contribution in [1.29, 1.82) is 0 Å². The van der Waals surface area contributed by atoms with E-state index in [1.54, 1.807) is 12.1 Å². The maximum Gasteiger partial charge on any atom is 0.324 e. The van der Waals surface area contributed by atoms with Crippen molar-refractivity contribution in [3.8, 4) is 0 Å². The lowest BCUT2D eigenvalue weighted by molar-refractivity contribution is 0.0712. The van der Waals surface area contributed by atoms with Crippen LogP contribution in [0.1, 0.15) is 31.1 Å². The highest BCUT2D eigenvalue weighted by Crippen LogP contribution is 2.36. The van der Waals surface area contributed by atoms with Gasteiger partial charge in [0.15, 0.2) is 0 Å². The lowest BCUT2D eigenvalue weighted by atomic mass is 10.2. The Morgan fingerprint density at radius 1 is 1.12 bits per heavy atom. The van der Waals surface area contributed by atoms with E-state index in [1.807, 2.05) is 18.2 Å². The van der Waals surface area contributed by atoms with Crippen molar-refractivity contribution in [3.05, 3.63) is 35.9 Å². The van der Waals surface area contributed by atoms with E-state index in [-0.39, 0.29) is 11.0 Å². The van der Waals surface area contributed by atoms with Crippen LogP contribution in [0.4, 0.5) is 0 Å². The third kappa shape index (κ3) is 2.95. The van der Waals surface area contributed by atoms with Crippen LogP contribution in [0.15, 0.2) is 30.3 Å². The Bertz CT molecular complexity index is 363. The van der Waals surface area contributed by atoms with Crippen LogP contribution in [0.3, 0.4) is 0 Å². The van der Waals surface area contributed by atoms with E-state index in [2.05, 4.69) is 33.9 Å². The normalized spacial score (nSPS) is 12.3. The van der Waals surface area contributed by atoms with Gasteiger partial charge in [-0.2, -0.15) is 0 Å². The molecule has 1 rings (SSSR count). The molecule has 1 aromatic rings. The highest BCUT2D eigenvalue weighted by atomic mass is 28.4. The zero-order valence-electron chi connectivity index (χ0n) is 10.7. The first-order valence-electron chi connectivity index (χ1n) is 5.52. The fourth-order valence-electron chi connectivity index (χ4n) is 1.02. The highest BCUT2D eigenvalue weighted by molar-refractivity contribution is 6.75. The second-order valence-corrected chi connectivity index (χ2v) is 10.2. The summed E-state index contributed by atoms with van der Waals surface area (Å²) >= 11 is 0. The quantitative estimate of drug-likeness (QED) is 0.729. The molecule has 0 saturated carbocycles. The largest absolute Gasteiger partial charge is 0.516 e. The molecular formula is C13H20O2Si. The standard InChI is InChI=1S/C13H20O2Si/c1-13(2,3)16(4,5)15-12(14)11-9-7-6-8-10-11/h6-10H,1-5H3. The molecule has 0 aliphatic heterocycles. The van der Waals surface area contributed by atoms with Gasteiger partial charge in [0, 0.05) is 0 Å². The number of hydrogen-bond donors (Lipinski definition) is 0. The molecule has 3 heteroatoms. The van der Waals surface area contributed by atoms with E-state index in [4.69, 9.17) is 4.43 Å². The van der Waals surface area contributed by atoms with Crippen LogP contribution in [0.25, 0.3) is 0 Å². The van der Waals surface area contributed by atoms with Crippen molar-refractivity contribution < 1.29 is 9.22 Å². The van der Waals surface area contributed by atoms with Crippen LogP contribution >= 0.6 is 0 Å². The summed E-state index contributed by atoms with van der Waals surface area (Å²) in [6, 6.07) is 9.17. The first-order valence-corrected chi connectivity index (χ1v) is 8.43. The molecule has 0 saturated heterocycles. The first-order chi connectivity index (χ1) is 7.24. The lowest BCUT2D eigenvalue weighted by Crippen LogP contribution is -2.42. The van der Waals surface area contributed by atoms with Gasteiger partial charge >= 0.3 is 5.97 Å². The first kappa shape index (κ1) is 13.0. The number of hydrogen-bond acceptors (Lipinski definition) is 2. The monoisotopic (exact) mass is 236 g/mol. The summed E-state index contributed by atoms with van der Waals surface area (Å²) in [5.41, 5.74) is 0.632. The Labute approximate surface area is 98.8 Å². The predicted molar refractivity (Wildman–Crippen MR) is 69.1 cm³/mol. The van der Waals surface area contributed by atoms with Gasteiger partial charge in [-0.1, -0.05) is 39.0 Å². The summed E-state index contributed by atoms with van der Waals surface area (Å²) in [4.78, 5) is 11.9. The Morgan fingerprint density at radius 3 is 2.06 bits per heavy atom. The molecule has 0 heterocycles. The summed E-state index contributed by atoms with van der Waals surface area (Å²) in [6.07, 6.45) is 0. The van der Waals surface area contributed by atoms with Crippen LogP contribution in [-0.2, 0) is 4.43 Å². The lowest BCUT2D eigenvalue weighted by Gasteiger charge is -2.35. The zero-order chi connectivity index (χ0) is 12.4. The second kappa shape index (κ2) is 4.42. The van der Waals surface area contributed by atoms with Crippen LogP contribution in [0.5, 0.6) is 0 Å². The molecule has 2 nitrogen and oxygen atoms in total. The van der Waals surface area contributed by atoms with Crippen LogP contribution in [0.2, 0.25) is 18.1 Å². The summed E-state index contributed by atoms with van der Waals surface area (Å²) in [5, 5.41) is 0.0530. The maximum atomic E-state index is 11.9. The summed E-state index contributed by atoms with van der Waals surface area (Å²) < 4.78 is 5.69. The number of carbonyl (C=O) groups is 1. The SMILES string of the molecule is CC(C)(C)[Si](C)(C)OC(=O)c1ccccc1. The van der Waals surface area contributed by atoms with Crippen molar-refractivity contribution >= 4 is 14.3 Å². The zero-order valence-corrected chi connectivity index (χ0v) is 11.7. The Hall–Kier alpha value is -1.09. The summed E-state index contributed by atoms with van der Waals surface area (Å²) in [6.45, 7) is 10.5. The molecule has 0 bridgehead atoms. The molecule has 88 valence electrons. The molecule has 0 spiro atoms. The average Bonchev–Trinajstić information content (AvgIpc) is 2.16. The summed E-state index contributed by atoms with van der Waals surface area (Å²) in [5.74, 6) is -0.202. The maximum absolute atomic E-state index is 11.9. The van der Waals surface area contributed by atoms with Crippen molar-refractivity contribution in [2.75, 3.05) is 0 Å². The molecule has 0 amide bonds. The van der Waals surface area contributed by atoms with Gasteiger partial charge in [-0.25, -0.2) is 4.79 Å². The number of benzene rings is 1. The minimum atomic E-state index is -2.00. The third-order valence-corrected chi connectivity index (χ3v) is 7.47. The van der Waals surface area contributed by atoms with E-state index < -0.39 is 8.32 Å². The topological polar surface area (TPSA) is 26.3 Å². The van der Waals surface area contributed by atoms with E-state index in [0.717, 1.165) is 0 Å². The molecule has 0 radical (unpaired) electrons. The van der Waals surface area contributed by atoms with Crippen molar-refractivity contribution in [3.63, 3.8) is 0 Å². The van der Waals surface area contributed by atoms with Crippen molar-refractivity contribution in [2.24, 2.45) is 0 Å². The summed E-state index contributed by atoms with van der Waals surface area (Å²) in [7, 11) is -2.00. The third-order valence-electron chi connectivity index (χ3n) is 3.16. The molecule has 0 aromatic heterocycles. The van der Waals surface area contributed by atoms with Crippen LogP contribution in [-0.4, -0.2) is 14.3 Å². The van der Waals surface area contributed by atoms with Crippen LogP contribution < -0.4 is 0 Å². The molecular weight excluding hydrogens is 216 g/mol. The molecule has 1 aromatic carbocycles. The van der Waals surface area contributed by atoms with Crippen molar-refractivity contribution in [2.45, 2.75) is 38.9 Å².